The average molecular weight is 355 g/mol. The number of piperazine rings is 1. The van der Waals surface area contributed by atoms with Gasteiger partial charge in [0.2, 0.25) is 0 Å². The molecule has 0 spiro atoms. The van der Waals surface area contributed by atoms with Crippen molar-refractivity contribution in [3.63, 3.8) is 0 Å². The summed E-state index contributed by atoms with van der Waals surface area (Å²) in [6, 6.07) is 5.67. The molecule has 1 N–H and O–H groups in total. The molecule has 2 fully saturated rings. The van der Waals surface area contributed by atoms with Crippen molar-refractivity contribution < 1.29 is 4.92 Å². The van der Waals surface area contributed by atoms with E-state index in [9.17, 15) is 10.1 Å². The smallest absolute Gasteiger partial charge is 0.292 e. The third kappa shape index (κ3) is 3.20. The van der Waals surface area contributed by atoms with Crippen LogP contribution in [0.5, 0.6) is 0 Å². The summed E-state index contributed by atoms with van der Waals surface area (Å²) in [5.74, 6) is 0. The van der Waals surface area contributed by atoms with Gasteiger partial charge in [-0.15, -0.1) is 0 Å². The highest BCUT2D eigenvalue weighted by Gasteiger charge is 2.31. The maximum absolute atomic E-state index is 11.2. The molecule has 1 unspecified atom stereocenters. The van der Waals surface area contributed by atoms with Crippen molar-refractivity contribution in [3.05, 3.63) is 32.8 Å². The summed E-state index contributed by atoms with van der Waals surface area (Å²) in [7, 11) is 0. The Kier molecular flexibility index (Phi) is 4.42. The van der Waals surface area contributed by atoms with E-state index in [0.29, 0.717) is 6.04 Å². The number of hydrogen-bond donors (Lipinski definition) is 1. The van der Waals surface area contributed by atoms with Crippen molar-refractivity contribution in [2.75, 3.05) is 44.2 Å². The van der Waals surface area contributed by atoms with Gasteiger partial charge in [0, 0.05) is 55.8 Å². The van der Waals surface area contributed by atoms with E-state index in [4.69, 9.17) is 0 Å². The fourth-order valence-corrected chi connectivity index (χ4v) is 3.56. The molecule has 2 aliphatic rings. The highest BCUT2D eigenvalue weighted by molar-refractivity contribution is 9.10. The minimum atomic E-state index is -0.292. The molecule has 21 heavy (non-hydrogen) atoms. The number of benzene rings is 1. The Morgan fingerprint density at radius 1 is 1.29 bits per heavy atom. The highest BCUT2D eigenvalue weighted by atomic mass is 79.9. The molecule has 0 aromatic heterocycles. The molecular weight excluding hydrogens is 336 g/mol. The lowest BCUT2D eigenvalue weighted by molar-refractivity contribution is -0.384. The van der Waals surface area contributed by atoms with Crippen molar-refractivity contribution >= 4 is 27.3 Å². The molecule has 1 atom stereocenters. The normalized spacial score (nSPS) is 23.5. The van der Waals surface area contributed by atoms with Gasteiger partial charge >= 0.3 is 0 Å². The van der Waals surface area contributed by atoms with Crippen molar-refractivity contribution in [3.8, 4) is 0 Å². The molecule has 2 heterocycles. The van der Waals surface area contributed by atoms with Crippen LogP contribution in [0.1, 0.15) is 6.42 Å². The van der Waals surface area contributed by atoms with Crippen LogP contribution < -0.4 is 10.2 Å². The zero-order chi connectivity index (χ0) is 14.8. The largest absolute Gasteiger partial charge is 0.364 e. The SMILES string of the molecule is O=[N+]([O-])c1ccc(Br)cc1N1CCC(N2CCNCC2)C1. The lowest BCUT2D eigenvalue weighted by Gasteiger charge is -2.32. The van der Waals surface area contributed by atoms with E-state index in [1.165, 1.54) is 0 Å². The molecule has 2 saturated heterocycles. The summed E-state index contributed by atoms with van der Waals surface area (Å²) in [6.45, 7) is 5.96. The van der Waals surface area contributed by atoms with E-state index in [2.05, 4.69) is 31.0 Å². The van der Waals surface area contributed by atoms with Crippen LogP contribution >= 0.6 is 15.9 Å². The van der Waals surface area contributed by atoms with Gasteiger partial charge in [-0.1, -0.05) is 15.9 Å². The Morgan fingerprint density at radius 2 is 2.05 bits per heavy atom. The van der Waals surface area contributed by atoms with E-state index >= 15 is 0 Å². The molecule has 3 rings (SSSR count). The molecular formula is C14H19BrN4O2. The van der Waals surface area contributed by atoms with Gasteiger partial charge in [0.15, 0.2) is 0 Å². The van der Waals surface area contributed by atoms with Gasteiger partial charge in [0.25, 0.3) is 5.69 Å². The third-order valence-corrected chi connectivity index (χ3v) is 4.80. The van der Waals surface area contributed by atoms with E-state index in [1.807, 2.05) is 6.07 Å². The molecule has 0 bridgehead atoms. The molecule has 7 heteroatoms. The minimum Gasteiger partial charge on any atom is -0.364 e. The number of halogens is 1. The maximum Gasteiger partial charge on any atom is 0.292 e. The zero-order valence-corrected chi connectivity index (χ0v) is 13.4. The number of nitrogens with one attached hydrogen (secondary N) is 1. The van der Waals surface area contributed by atoms with Crippen LogP contribution in [0.25, 0.3) is 0 Å². The third-order valence-electron chi connectivity index (χ3n) is 4.31. The second kappa shape index (κ2) is 6.29. The number of nitrogens with zero attached hydrogens (tertiary/aromatic N) is 3. The van der Waals surface area contributed by atoms with Crippen LogP contribution in [0.15, 0.2) is 22.7 Å². The molecule has 0 amide bonds. The quantitative estimate of drug-likeness (QED) is 0.662. The van der Waals surface area contributed by atoms with Crippen molar-refractivity contribution in [2.45, 2.75) is 12.5 Å². The number of anilines is 1. The van der Waals surface area contributed by atoms with E-state index in [-0.39, 0.29) is 10.6 Å². The van der Waals surface area contributed by atoms with Crippen LogP contribution in [0.3, 0.4) is 0 Å². The molecule has 6 nitrogen and oxygen atoms in total. The topological polar surface area (TPSA) is 61.7 Å². The second-order valence-electron chi connectivity index (χ2n) is 5.56. The van der Waals surface area contributed by atoms with Crippen molar-refractivity contribution in [1.29, 1.82) is 0 Å². The van der Waals surface area contributed by atoms with E-state index in [0.717, 1.165) is 55.8 Å². The van der Waals surface area contributed by atoms with Gasteiger partial charge in [0.1, 0.15) is 5.69 Å². The summed E-state index contributed by atoms with van der Waals surface area (Å²) < 4.78 is 0.883. The Labute approximate surface area is 132 Å². The first kappa shape index (κ1) is 14.7. The Bertz CT molecular complexity index is 534. The summed E-state index contributed by atoms with van der Waals surface area (Å²) >= 11 is 3.42. The predicted octanol–water partition coefficient (Wildman–Crippen LogP) is 1.84. The monoisotopic (exact) mass is 354 g/mol. The minimum absolute atomic E-state index is 0.194. The molecule has 1 aromatic rings. The lowest BCUT2D eigenvalue weighted by atomic mass is 10.2. The van der Waals surface area contributed by atoms with Crippen LogP contribution in [-0.4, -0.2) is 55.1 Å². The second-order valence-corrected chi connectivity index (χ2v) is 6.48. The van der Waals surface area contributed by atoms with Gasteiger partial charge in [-0.05, 0) is 18.6 Å². The Morgan fingerprint density at radius 3 is 2.76 bits per heavy atom. The predicted molar refractivity (Wildman–Crippen MR) is 85.9 cm³/mol. The van der Waals surface area contributed by atoms with Crippen molar-refractivity contribution in [1.82, 2.24) is 10.2 Å². The number of rotatable bonds is 3. The van der Waals surface area contributed by atoms with Crippen molar-refractivity contribution in [2.24, 2.45) is 0 Å². The molecule has 0 aliphatic carbocycles. The van der Waals surface area contributed by atoms with Crippen LogP contribution in [0, 0.1) is 10.1 Å². The molecule has 0 radical (unpaired) electrons. The van der Waals surface area contributed by atoms with Crippen LogP contribution in [-0.2, 0) is 0 Å². The Hall–Kier alpha value is -1.18. The fourth-order valence-electron chi connectivity index (χ4n) is 3.21. The van der Waals surface area contributed by atoms with Crippen LogP contribution in [0.2, 0.25) is 0 Å². The Balaban J connectivity index is 1.76. The molecule has 114 valence electrons. The van der Waals surface area contributed by atoms with Crippen LogP contribution in [0.4, 0.5) is 11.4 Å². The average Bonchev–Trinajstić information content (AvgIpc) is 2.97. The van der Waals surface area contributed by atoms with Gasteiger partial charge < -0.3 is 10.2 Å². The van der Waals surface area contributed by atoms with E-state index in [1.54, 1.807) is 12.1 Å². The summed E-state index contributed by atoms with van der Waals surface area (Å²) in [5, 5.41) is 14.6. The van der Waals surface area contributed by atoms with Gasteiger partial charge in [-0.25, -0.2) is 0 Å². The zero-order valence-electron chi connectivity index (χ0n) is 11.8. The molecule has 0 saturated carbocycles. The van der Waals surface area contributed by atoms with Gasteiger partial charge in [0.05, 0.1) is 4.92 Å². The van der Waals surface area contributed by atoms with E-state index < -0.39 is 0 Å². The first-order valence-corrected chi connectivity index (χ1v) is 8.08. The molecule has 2 aliphatic heterocycles. The number of nitro groups is 1. The standard InChI is InChI=1S/C14H19BrN4O2/c15-11-1-2-13(19(20)21)14(9-11)18-6-3-12(10-18)17-7-4-16-5-8-17/h1-2,9,12,16H,3-8,10H2. The first-order valence-electron chi connectivity index (χ1n) is 7.29. The first-order chi connectivity index (χ1) is 10.1. The summed E-state index contributed by atoms with van der Waals surface area (Å²) in [4.78, 5) is 15.6. The van der Waals surface area contributed by atoms with Gasteiger partial charge in [-0.3, -0.25) is 15.0 Å². The lowest BCUT2D eigenvalue weighted by Crippen LogP contribution is -2.49. The summed E-state index contributed by atoms with van der Waals surface area (Å²) in [5.41, 5.74) is 0.922. The maximum atomic E-state index is 11.2. The number of nitro benzene ring substituents is 1. The molecule has 1 aromatic carbocycles. The fraction of sp³-hybridized carbons (Fsp3) is 0.571. The number of hydrogen-bond acceptors (Lipinski definition) is 5. The highest BCUT2D eigenvalue weighted by Crippen LogP contribution is 2.34. The van der Waals surface area contributed by atoms with Gasteiger partial charge in [-0.2, -0.15) is 0 Å². The summed E-state index contributed by atoms with van der Waals surface area (Å²) in [6.07, 6.45) is 1.07.